The van der Waals surface area contributed by atoms with Crippen molar-refractivity contribution in [3.63, 3.8) is 0 Å². The van der Waals surface area contributed by atoms with Crippen molar-refractivity contribution in [1.82, 2.24) is 43.7 Å². The average Bonchev–Trinajstić information content (AvgIpc) is 4.15. The predicted molar refractivity (Wildman–Crippen MR) is 227 cm³/mol. The molecule has 10 rings (SSSR count). The van der Waals surface area contributed by atoms with Gasteiger partial charge in [-0.05, 0) is 75.5 Å². The van der Waals surface area contributed by atoms with E-state index in [1.54, 1.807) is 25.4 Å². The van der Waals surface area contributed by atoms with Crippen molar-refractivity contribution in [2.75, 3.05) is 43.1 Å². The van der Waals surface area contributed by atoms with Crippen LogP contribution in [-0.4, -0.2) is 119 Å². The highest BCUT2D eigenvalue weighted by molar-refractivity contribution is 6.08. The van der Waals surface area contributed by atoms with E-state index in [1.165, 1.54) is 30.7 Å². The predicted octanol–water partition coefficient (Wildman–Crippen LogP) is 3.31. The van der Waals surface area contributed by atoms with Crippen molar-refractivity contribution < 1.29 is 37.7 Å². The van der Waals surface area contributed by atoms with E-state index < -0.39 is 36.2 Å². The lowest BCUT2D eigenvalue weighted by molar-refractivity contribution is -0.135. The minimum atomic E-state index is -2.91. The Labute approximate surface area is 365 Å². The van der Waals surface area contributed by atoms with Crippen LogP contribution in [0.3, 0.4) is 0 Å². The maximum atomic E-state index is 14.3. The number of aryl methyl sites for hydroxylation is 1. The molecule has 20 heteroatoms. The van der Waals surface area contributed by atoms with Crippen LogP contribution in [0.15, 0.2) is 47.7 Å². The topological polar surface area (TPSA) is 195 Å². The zero-order valence-corrected chi connectivity index (χ0v) is 35.2. The molecule has 8 heterocycles. The molecule has 4 aliphatic heterocycles. The van der Waals surface area contributed by atoms with E-state index in [9.17, 15) is 33.1 Å². The number of halogens is 2. The molecular weight excluding hydrogens is 833 g/mol. The molecule has 1 aromatic carbocycles. The van der Waals surface area contributed by atoms with Crippen LogP contribution in [0, 0.1) is 17.8 Å². The monoisotopic (exact) mass is 881 g/mol. The van der Waals surface area contributed by atoms with Crippen LogP contribution in [0.2, 0.25) is 0 Å². The number of aliphatic hydroxyl groups excluding tert-OH is 1. The Morgan fingerprint density at radius 1 is 1.08 bits per heavy atom. The van der Waals surface area contributed by atoms with Crippen molar-refractivity contribution in [2.24, 2.45) is 13.0 Å². The fourth-order valence-corrected chi connectivity index (χ4v) is 10.2. The number of morpholine rings is 1. The van der Waals surface area contributed by atoms with Gasteiger partial charge in [0.25, 0.3) is 12.3 Å². The number of ether oxygens (including phenoxy) is 2. The number of carbonyl (C=O) groups is 3. The summed E-state index contributed by atoms with van der Waals surface area (Å²) in [5, 5.41) is 24.9. The molecule has 5 aliphatic rings. The molecule has 3 N–H and O–H groups in total. The molecule has 2 bridgehead atoms. The van der Waals surface area contributed by atoms with E-state index in [-0.39, 0.29) is 72.5 Å². The van der Waals surface area contributed by atoms with E-state index >= 15 is 0 Å². The second kappa shape index (κ2) is 17.2. The van der Waals surface area contributed by atoms with Crippen molar-refractivity contribution in [1.29, 1.82) is 0 Å². The third-order valence-electron chi connectivity index (χ3n) is 13.6. The summed E-state index contributed by atoms with van der Waals surface area (Å²) in [6, 6.07) is 6.49. The number of imide groups is 1. The molecule has 64 heavy (non-hydrogen) atoms. The number of rotatable bonds is 10. The lowest BCUT2D eigenvalue weighted by Crippen LogP contribution is -2.47. The second-order valence-corrected chi connectivity index (χ2v) is 17.5. The molecule has 4 aromatic heterocycles. The van der Waals surface area contributed by atoms with Crippen LogP contribution in [0.1, 0.15) is 97.9 Å². The maximum absolute atomic E-state index is 14.3. The third kappa shape index (κ3) is 7.84. The molecule has 4 saturated heterocycles. The van der Waals surface area contributed by atoms with E-state index in [0.717, 1.165) is 13.0 Å². The highest BCUT2D eigenvalue weighted by atomic mass is 19.3. The molecule has 3 amide bonds. The minimum absolute atomic E-state index is 0.00342. The van der Waals surface area contributed by atoms with Gasteiger partial charge >= 0.3 is 5.69 Å². The molecule has 1 saturated carbocycles. The number of aromatic nitrogens is 7. The number of nitrogens with one attached hydrogen (secondary N) is 2. The number of nitrogens with zero attached hydrogens (tertiary/aromatic N) is 9. The van der Waals surface area contributed by atoms with E-state index in [4.69, 9.17) is 14.5 Å². The summed E-state index contributed by atoms with van der Waals surface area (Å²) >= 11 is 0. The molecule has 0 radical (unpaired) electrons. The number of hydrogen-bond acceptors (Lipinski definition) is 12. The van der Waals surface area contributed by atoms with Gasteiger partial charge in [0, 0.05) is 45.5 Å². The lowest BCUT2D eigenvalue weighted by atomic mass is 9.84. The van der Waals surface area contributed by atoms with Gasteiger partial charge in [0.05, 0.1) is 59.4 Å². The highest BCUT2D eigenvalue weighted by Crippen LogP contribution is 2.38. The SMILES string of the molecule is Cn1c(=O)n(C2CCC(=O)NC2=O)c2cccc(C#CCOC3CCN(C(O)C4CCC(n5cc(NC(=O)c6cnn7ccc(N8C[C@H]9C[C@@H]8CO9)nc67)c(C(F)F)n5)CC4)CC3)c21. The maximum Gasteiger partial charge on any atom is 0.329 e. The number of likely N-dealkylation sites (tertiary alicyclic amines) is 1. The fraction of sp³-hybridized carbons (Fsp3) is 0.523. The first-order valence-electron chi connectivity index (χ1n) is 22.0. The van der Waals surface area contributed by atoms with Crippen LogP contribution in [0.25, 0.3) is 16.7 Å². The number of anilines is 2. The van der Waals surface area contributed by atoms with Crippen LogP contribution in [-0.2, 0) is 26.1 Å². The molecule has 336 valence electrons. The Bertz CT molecular complexity index is 2740. The number of para-hydroxylation sites is 1. The van der Waals surface area contributed by atoms with Gasteiger partial charge in [-0.25, -0.2) is 23.1 Å². The smallest absolute Gasteiger partial charge is 0.329 e. The lowest BCUT2D eigenvalue weighted by Gasteiger charge is -2.40. The number of carbonyl (C=O) groups excluding carboxylic acids is 3. The third-order valence-corrected chi connectivity index (χ3v) is 13.6. The van der Waals surface area contributed by atoms with Gasteiger partial charge in [-0.1, -0.05) is 17.9 Å². The molecule has 1 aliphatic carbocycles. The number of fused-ring (bicyclic) bond motifs is 4. The molecule has 2 unspecified atom stereocenters. The van der Waals surface area contributed by atoms with Gasteiger partial charge in [0.2, 0.25) is 11.8 Å². The van der Waals surface area contributed by atoms with Crippen LogP contribution in [0.5, 0.6) is 0 Å². The Kier molecular flexibility index (Phi) is 11.3. The van der Waals surface area contributed by atoms with Crippen LogP contribution < -0.4 is 21.2 Å². The molecular formula is C44H49F2N11O7. The Hall–Kier alpha value is -6.01. The Morgan fingerprint density at radius 3 is 2.62 bits per heavy atom. The number of aliphatic hydroxyl groups is 1. The Morgan fingerprint density at radius 2 is 1.89 bits per heavy atom. The summed E-state index contributed by atoms with van der Waals surface area (Å²) in [5.41, 5.74) is 1.36. The van der Waals surface area contributed by atoms with E-state index in [2.05, 4.69) is 42.5 Å². The Balaban J connectivity index is 0.712. The molecule has 18 nitrogen and oxygen atoms in total. The normalized spacial score (nSPS) is 24.7. The summed E-state index contributed by atoms with van der Waals surface area (Å²) in [6.45, 7) is 2.81. The molecule has 0 spiro atoms. The van der Waals surface area contributed by atoms with Crippen molar-refractivity contribution in [3.05, 3.63) is 70.2 Å². The summed E-state index contributed by atoms with van der Waals surface area (Å²) < 4.78 is 46.4. The first-order valence-corrected chi connectivity index (χ1v) is 22.0. The van der Waals surface area contributed by atoms with Crippen molar-refractivity contribution in [3.8, 4) is 11.8 Å². The van der Waals surface area contributed by atoms with Gasteiger partial charge < -0.3 is 24.8 Å². The first-order chi connectivity index (χ1) is 31.0. The number of amides is 3. The zero-order valence-electron chi connectivity index (χ0n) is 35.2. The quantitative estimate of drug-likeness (QED) is 0.137. The average molecular weight is 882 g/mol. The van der Waals surface area contributed by atoms with Crippen LogP contribution in [0.4, 0.5) is 20.3 Å². The van der Waals surface area contributed by atoms with Crippen molar-refractivity contribution >= 4 is 45.9 Å². The summed E-state index contributed by atoms with van der Waals surface area (Å²) in [6.07, 6.45) is 6.54. The highest BCUT2D eigenvalue weighted by Gasteiger charge is 2.40. The molecule has 4 atom stereocenters. The molecule has 5 aromatic rings. The largest absolute Gasteiger partial charge is 0.378 e. The number of hydrogen-bond donors (Lipinski definition) is 3. The molecule has 5 fully saturated rings. The van der Waals surface area contributed by atoms with E-state index in [1.807, 2.05) is 12.1 Å². The number of benzene rings is 1. The summed E-state index contributed by atoms with van der Waals surface area (Å²) in [5.74, 6) is 5.48. The summed E-state index contributed by atoms with van der Waals surface area (Å²) in [7, 11) is 1.64. The van der Waals surface area contributed by atoms with Gasteiger partial charge in [-0.15, -0.1) is 0 Å². The number of alkyl halides is 2. The zero-order chi connectivity index (χ0) is 44.2. The number of imidazole rings is 1. The van der Waals surface area contributed by atoms with Crippen molar-refractivity contribution in [2.45, 2.75) is 101 Å². The van der Waals surface area contributed by atoms with E-state index in [0.29, 0.717) is 86.3 Å². The number of piperidine rings is 2. The standard InChI is InChI=1S/C44H49F2N11O7/c1-52-38-25(4-2-6-33(38)57(44(52)62)34-11-12-36(58)50-42(34)60)5-3-19-63-29-13-16-53(17-14-29)43(61)26-7-9-27(10-8-26)56-23-32(37(51-56)39(45)46)48-41(59)31-21-47-55-18-15-35(49-40(31)55)54-22-30-20-28(54)24-64-30/h2,4,6,15,18,21,23,26-30,34,39,43,61H,7-14,16-17,19-20,22,24H2,1H3,(H,48,59)(H,50,58,60)/t26?,27?,28-,30-,34?,43?/m1/s1. The van der Waals surface area contributed by atoms with Gasteiger partial charge in [0.15, 0.2) is 11.3 Å². The fourth-order valence-electron chi connectivity index (χ4n) is 10.2. The van der Waals surface area contributed by atoms with Crippen LogP contribution >= 0.6 is 0 Å². The summed E-state index contributed by atoms with van der Waals surface area (Å²) in [4.78, 5) is 60.1. The first kappa shape index (κ1) is 42.0. The van der Waals surface area contributed by atoms with Gasteiger partial charge in [-0.3, -0.25) is 38.4 Å². The van der Waals surface area contributed by atoms with Gasteiger partial charge in [-0.2, -0.15) is 10.2 Å². The second-order valence-electron chi connectivity index (χ2n) is 17.5. The minimum Gasteiger partial charge on any atom is -0.378 e. The van der Waals surface area contributed by atoms with Gasteiger partial charge in [0.1, 0.15) is 30.3 Å².